The summed E-state index contributed by atoms with van der Waals surface area (Å²) in [6.45, 7) is 1.77. The first-order valence-corrected chi connectivity index (χ1v) is 7.14. The third kappa shape index (κ3) is 2.95. The number of benzene rings is 2. The normalized spacial score (nSPS) is 10.7. The number of halogens is 3. The Morgan fingerprint density at radius 2 is 2.04 bits per heavy atom. The van der Waals surface area contributed by atoms with E-state index in [-0.39, 0.29) is 5.56 Å². The van der Waals surface area contributed by atoms with Gasteiger partial charge in [-0.25, -0.2) is 13.5 Å². The summed E-state index contributed by atoms with van der Waals surface area (Å²) in [5.74, 6) is -2.78. The van der Waals surface area contributed by atoms with Gasteiger partial charge in [0.2, 0.25) is 0 Å². The molecule has 122 valence electrons. The SMILES string of the molecule is Cc1ccc(-n2cnnn2)cc1NC(=O)c1ccc(F)c(Cl)c1F. The topological polar surface area (TPSA) is 72.7 Å². The maximum atomic E-state index is 14.0. The number of amides is 1. The lowest BCUT2D eigenvalue weighted by atomic mass is 10.1. The number of aryl methyl sites for hydroxylation is 1. The smallest absolute Gasteiger partial charge is 0.258 e. The minimum Gasteiger partial charge on any atom is -0.322 e. The van der Waals surface area contributed by atoms with Gasteiger partial charge in [-0.2, -0.15) is 0 Å². The van der Waals surface area contributed by atoms with Crippen LogP contribution in [0.25, 0.3) is 5.69 Å². The maximum absolute atomic E-state index is 14.0. The summed E-state index contributed by atoms with van der Waals surface area (Å²) >= 11 is 5.50. The molecule has 1 heterocycles. The van der Waals surface area contributed by atoms with Crippen molar-refractivity contribution in [2.75, 3.05) is 5.32 Å². The van der Waals surface area contributed by atoms with E-state index >= 15 is 0 Å². The molecule has 24 heavy (non-hydrogen) atoms. The summed E-state index contributed by atoms with van der Waals surface area (Å²) in [6, 6.07) is 7.11. The lowest BCUT2D eigenvalue weighted by Crippen LogP contribution is -2.15. The standard InChI is InChI=1S/C15H10ClF2N5O/c1-8-2-3-9(23-7-19-21-22-23)6-12(8)20-15(24)10-4-5-11(17)13(16)14(10)18/h2-7H,1H3,(H,20,24). The summed E-state index contributed by atoms with van der Waals surface area (Å²) in [5, 5.41) is 12.7. The molecule has 0 aliphatic heterocycles. The quantitative estimate of drug-likeness (QED) is 0.737. The van der Waals surface area contributed by atoms with Crippen LogP contribution in [0.2, 0.25) is 5.02 Å². The molecule has 0 saturated carbocycles. The molecule has 1 aromatic heterocycles. The van der Waals surface area contributed by atoms with Gasteiger partial charge in [0, 0.05) is 5.69 Å². The maximum Gasteiger partial charge on any atom is 0.258 e. The number of tetrazole rings is 1. The molecule has 9 heteroatoms. The third-order valence-electron chi connectivity index (χ3n) is 3.36. The van der Waals surface area contributed by atoms with Gasteiger partial charge in [-0.3, -0.25) is 4.79 Å². The Morgan fingerprint density at radius 3 is 2.75 bits per heavy atom. The lowest BCUT2D eigenvalue weighted by Gasteiger charge is -2.11. The Balaban J connectivity index is 1.92. The van der Waals surface area contributed by atoms with Gasteiger partial charge >= 0.3 is 0 Å². The fourth-order valence-corrected chi connectivity index (χ4v) is 2.22. The Bertz CT molecular complexity index is 914. The second-order valence-electron chi connectivity index (χ2n) is 4.93. The van der Waals surface area contributed by atoms with Crippen molar-refractivity contribution in [2.45, 2.75) is 6.92 Å². The highest BCUT2D eigenvalue weighted by Crippen LogP contribution is 2.24. The molecule has 2 aromatic carbocycles. The van der Waals surface area contributed by atoms with Gasteiger partial charge < -0.3 is 5.32 Å². The Kier molecular flexibility index (Phi) is 4.22. The van der Waals surface area contributed by atoms with Gasteiger partial charge in [0.05, 0.1) is 11.3 Å². The molecule has 1 N–H and O–H groups in total. The molecule has 0 radical (unpaired) electrons. The predicted molar refractivity (Wildman–Crippen MR) is 83.2 cm³/mol. The van der Waals surface area contributed by atoms with Gasteiger partial charge in [0.15, 0.2) is 5.82 Å². The fourth-order valence-electron chi connectivity index (χ4n) is 2.06. The molecular formula is C15H10ClF2N5O. The van der Waals surface area contributed by atoms with Crippen molar-refractivity contribution < 1.29 is 13.6 Å². The third-order valence-corrected chi connectivity index (χ3v) is 3.71. The Morgan fingerprint density at radius 1 is 1.25 bits per heavy atom. The number of carbonyl (C=O) groups excluding carboxylic acids is 1. The Labute approximate surface area is 140 Å². The lowest BCUT2D eigenvalue weighted by molar-refractivity contribution is 0.102. The average molecular weight is 350 g/mol. The van der Waals surface area contributed by atoms with Crippen LogP contribution in [0.1, 0.15) is 15.9 Å². The number of carbonyl (C=O) groups is 1. The summed E-state index contributed by atoms with van der Waals surface area (Å²) < 4.78 is 28.6. The zero-order valence-electron chi connectivity index (χ0n) is 12.3. The van der Waals surface area contributed by atoms with Crippen LogP contribution in [0.15, 0.2) is 36.7 Å². The van der Waals surface area contributed by atoms with Crippen molar-refractivity contribution >= 4 is 23.2 Å². The minimum atomic E-state index is -1.11. The molecule has 3 aromatic rings. The number of anilines is 1. The number of hydrogen-bond donors (Lipinski definition) is 1. The highest BCUT2D eigenvalue weighted by molar-refractivity contribution is 6.31. The van der Waals surface area contributed by atoms with E-state index in [1.54, 1.807) is 25.1 Å². The van der Waals surface area contributed by atoms with Crippen molar-refractivity contribution in [1.82, 2.24) is 20.2 Å². The van der Waals surface area contributed by atoms with Gasteiger partial charge in [-0.05, 0) is 47.2 Å². The molecule has 0 saturated heterocycles. The number of aromatic nitrogens is 4. The van der Waals surface area contributed by atoms with E-state index in [2.05, 4.69) is 20.8 Å². The van der Waals surface area contributed by atoms with Crippen molar-refractivity contribution in [3.8, 4) is 5.69 Å². The second-order valence-corrected chi connectivity index (χ2v) is 5.31. The van der Waals surface area contributed by atoms with Crippen LogP contribution in [0.5, 0.6) is 0 Å². The molecular weight excluding hydrogens is 340 g/mol. The Hall–Kier alpha value is -2.87. The van der Waals surface area contributed by atoms with Gasteiger partial charge in [0.25, 0.3) is 5.91 Å². The van der Waals surface area contributed by atoms with E-state index in [1.165, 1.54) is 11.0 Å². The first-order chi connectivity index (χ1) is 11.5. The largest absolute Gasteiger partial charge is 0.322 e. The summed E-state index contributed by atoms with van der Waals surface area (Å²) in [5.41, 5.74) is 1.44. The van der Waals surface area contributed by atoms with Crippen LogP contribution in [0.3, 0.4) is 0 Å². The zero-order valence-corrected chi connectivity index (χ0v) is 13.1. The first kappa shape index (κ1) is 16.0. The van der Waals surface area contributed by atoms with E-state index in [4.69, 9.17) is 11.6 Å². The van der Waals surface area contributed by atoms with Crippen LogP contribution in [0.4, 0.5) is 14.5 Å². The number of rotatable bonds is 3. The molecule has 0 spiro atoms. The molecule has 0 bridgehead atoms. The summed E-state index contributed by atoms with van der Waals surface area (Å²) in [4.78, 5) is 12.3. The molecule has 0 aliphatic rings. The molecule has 1 amide bonds. The summed E-state index contributed by atoms with van der Waals surface area (Å²) in [6.07, 6.45) is 1.40. The van der Waals surface area contributed by atoms with E-state index in [0.717, 1.165) is 17.7 Å². The van der Waals surface area contributed by atoms with Crippen LogP contribution < -0.4 is 5.32 Å². The number of hydrogen-bond acceptors (Lipinski definition) is 4. The molecule has 0 atom stereocenters. The van der Waals surface area contributed by atoms with E-state index < -0.39 is 22.6 Å². The van der Waals surface area contributed by atoms with Crippen LogP contribution in [-0.4, -0.2) is 26.1 Å². The summed E-state index contributed by atoms with van der Waals surface area (Å²) in [7, 11) is 0. The molecule has 0 unspecified atom stereocenters. The molecule has 0 aliphatic carbocycles. The number of nitrogens with one attached hydrogen (secondary N) is 1. The van der Waals surface area contributed by atoms with E-state index in [9.17, 15) is 13.6 Å². The van der Waals surface area contributed by atoms with Crippen molar-refractivity contribution in [1.29, 1.82) is 0 Å². The van der Waals surface area contributed by atoms with Gasteiger partial charge in [0.1, 0.15) is 17.2 Å². The van der Waals surface area contributed by atoms with E-state index in [0.29, 0.717) is 11.4 Å². The van der Waals surface area contributed by atoms with Gasteiger partial charge in [-0.15, -0.1) is 5.10 Å². The monoisotopic (exact) mass is 349 g/mol. The van der Waals surface area contributed by atoms with Crippen LogP contribution in [-0.2, 0) is 0 Å². The van der Waals surface area contributed by atoms with E-state index in [1.807, 2.05) is 0 Å². The fraction of sp³-hybridized carbons (Fsp3) is 0.0667. The van der Waals surface area contributed by atoms with Crippen molar-refractivity contribution in [2.24, 2.45) is 0 Å². The predicted octanol–water partition coefficient (Wildman–Crippen LogP) is 3.15. The highest BCUT2D eigenvalue weighted by atomic mass is 35.5. The first-order valence-electron chi connectivity index (χ1n) is 6.76. The average Bonchev–Trinajstić information content (AvgIpc) is 3.09. The molecule has 0 fully saturated rings. The number of nitrogens with zero attached hydrogens (tertiary/aromatic N) is 4. The van der Waals surface area contributed by atoms with Crippen LogP contribution >= 0.6 is 11.6 Å². The highest BCUT2D eigenvalue weighted by Gasteiger charge is 2.18. The van der Waals surface area contributed by atoms with Gasteiger partial charge in [-0.1, -0.05) is 17.7 Å². The van der Waals surface area contributed by atoms with Crippen molar-refractivity contribution in [3.05, 3.63) is 64.4 Å². The van der Waals surface area contributed by atoms with Crippen LogP contribution in [0, 0.1) is 18.6 Å². The minimum absolute atomic E-state index is 0.353. The second kappa shape index (κ2) is 6.32. The van der Waals surface area contributed by atoms with Crippen molar-refractivity contribution in [3.63, 3.8) is 0 Å². The zero-order chi connectivity index (χ0) is 17.3. The molecule has 3 rings (SSSR count). The molecule has 6 nitrogen and oxygen atoms in total.